The van der Waals surface area contributed by atoms with Crippen molar-refractivity contribution in [2.75, 3.05) is 33.0 Å². The molecule has 5 heteroatoms. The summed E-state index contributed by atoms with van der Waals surface area (Å²) in [4.78, 5) is 14.1. The number of amides is 2. The van der Waals surface area contributed by atoms with E-state index in [1.807, 2.05) is 18.7 Å². The normalized spacial score (nSPS) is 25.6. The molecule has 1 N–H and O–H groups in total. The summed E-state index contributed by atoms with van der Waals surface area (Å²) in [6.45, 7) is 7.47. The van der Waals surface area contributed by atoms with Crippen LogP contribution in [0.3, 0.4) is 0 Å². The van der Waals surface area contributed by atoms with E-state index < -0.39 is 0 Å². The highest BCUT2D eigenvalue weighted by Crippen LogP contribution is 2.19. The largest absolute Gasteiger partial charge is 0.381 e. The molecule has 0 aromatic rings. The van der Waals surface area contributed by atoms with Gasteiger partial charge in [0.05, 0.1) is 18.8 Å². The number of nitrogens with zero attached hydrogens (tertiary/aromatic N) is 1. The number of hydrogen-bond donors (Lipinski definition) is 1. The third kappa shape index (κ3) is 3.10. The number of carbonyl (C=O) groups excluding carboxylic acids is 1. The lowest BCUT2D eigenvalue weighted by Gasteiger charge is -2.42. The van der Waals surface area contributed by atoms with Gasteiger partial charge in [0.1, 0.15) is 0 Å². The molecule has 2 saturated heterocycles. The van der Waals surface area contributed by atoms with E-state index in [2.05, 4.69) is 5.32 Å². The summed E-state index contributed by atoms with van der Waals surface area (Å²) in [5.41, 5.74) is -0.215. The van der Waals surface area contributed by atoms with Crippen molar-refractivity contribution >= 4 is 6.03 Å². The highest BCUT2D eigenvalue weighted by Gasteiger charge is 2.34. The first kappa shape index (κ1) is 12.6. The molecule has 2 rings (SSSR count). The van der Waals surface area contributed by atoms with Gasteiger partial charge >= 0.3 is 6.03 Å². The van der Waals surface area contributed by atoms with Crippen molar-refractivity contribution in [1.29, 1.82) is 0 Å². The summed E-state index contributed by atoms with van der Waals surface area (Å²) < 4.78 is 10.7. The van der Waals surface area contributed by atoms with Gasteiger partial charge in [-0.3, -0.25) is 0 Å². The van der Waals surface area contributed by atoms with Gasteiger partial charge in [-0.2, -0.15) is 0 Å². The highest BCUT2D eigenvalue weighted by molar-refractivity contribution is 5.75. The van der Waals surface area contributed by atoms with E-state index in [0.29, 0.717) is 19.8 Å². The molecule has 0 aromatic carbocycles. The van der Waals surface area contributed by atoms with Crippen LogP contribution in [0.25, 0.3) is 0 Å². The first-order valence-corrected chi connectivity index (χ1v) is 6.33. The molecule has 0 unspecified atom stereocenters. The standard InChI is InChI=1S/C12H22N2O3/c1-12(2)9-17-8-5-14(12)11(15)13-10-3-6-16-7-4-10/h10H,3-9H2,1-2H3,(H,13,15). The Morgan fingerprint density at radius 3 is 2.59 bits per heavy atom. The first-order valence-electron chi connectivity index (χ1n) is 6.33. The SMILES string of the molecule is CC1(C)COCCN1C(=O)NC1CCOCC1. The molecule has 2 amide bonds. The third-order valence-electron chi connectivity index (χ3n) is 3.44. The molecule has 17 heavy (non-hydrogen) atoms. The number of rotatable bonds is 1. The molecular formula is C12H22N2O3. The summed E-state index contributed by atoms with van der Waals surface area (Å²) in [5.74, 6) is 0. The summed E-state index contributed by atoms with van der Waals surface area (Å²) in [6, 6.07) is 0.292. The Bertz CT molecular complexity index is 275. The number of ether oxygens (including phenoxy) is 2. The quantitative estimate of drug-likeness (QED) is 0.746. The first-order chi connectivity index (χ1) is 8.09. The van der Waals surface area contributed by atoms with Crippen molar-refractivity contribution in [3.05, 3.63) is 0 Å². The smallest absolute Gasteiger partial charge is 0.318 e. The van der Waals surface area contributed by atoms with Crippen molar-refractivity contribution in [2.24, 2.45) is 0 Å². The molecule has 2 fully saturated rings. The van der Waals surface area contributed by atoms with Crippen molar-refractivity contribution in [2.45, 2.75) is 38.3 Å². The predicted octanol–water partition coefficient (Wildman–Crippen LogP) is 0.986. The fraction of sp³-hybridized carbons (Fsp3) is 0.917. The fourth-order valence-corrected chi connectivity index (χ4v) is 2.33. The number of urea groups is 1. The van der Waals surface area contributed by atoms with Crippen LogP contribution >= 0.6 is 0 Å². The lowest BCUT2D eigenvalue weighted by atomic mass is 10.0. The number of nitrogens with one attached hydrogen (secondary N) is 1. The van der Waals surface area contributed by atoms with Gasteiger partial charge in [0, 0.05) is 25.8 Å². The molecular weight excluding hydrogens is 220 g/mol. The average Bonchev–Trinajstić information content (AvgIpc) is 2.29. The van der Waals surface area contributed by atoms with Gasteiger partial charge in [-0.25, -0.2) is 4.79 Å². The van der Waals surface area contributed by atoms with Crippen LogP contribution in [0.5, 0.6) is 0 Å². The van der Waals surface area contributed by atoms with Gasteiger partial charge in [-0.1, -0.05) is 0 Å². The maximum atomic E-state index is 12.2. The van der Waals surface area contributed by atoms with Gasteiger partial charge in [0.2, 0.25) is 0 Å². The second-order valence-electron chi connectivity index (χ2n) is 5.35. The van der Waals surface area contributed by atoms with E-state index >= 15 is 0 Å². The zero-order chi connectivity index (χ0) is 12.3. The molecule has 0 bridgehead atoms. The Morgan fingerprint density at radius 2 is 1.94 bits per heavy atom. The van der Waals surface area contributed by atoms with Crippen LogP contribution in [0.15, 0.2) is 0 Å². The molecule has 0 spiro atoms. The Kier molecular flexibility index (Phi) is 3.89. The van der Waals surface area contributed by atoms with Crippen LogP contribution in [0.2, 0.25) is 0 Å². The fourth-order valence-electron chi connectivity index (χ4n) is 2.33. The Balaban J connectivity index is 1.89. The van der Waals surface area contributed by atoms with E-state index in [1.54, 1.807) is 0 Å². The van der Waals surface area contributed by atoms with Crippen molar-refractivity contribution < 1.29 is 14.3 Å². The van der Waals surface area contributed by atoms with E-state index in [9.17, 15) is 4.79 Å². The number of hydrogen-bond acceptors (Lipinski definition) is 3. The maximum absolute atomic E-state index is 12.2. The summed E-state index contributed by atoms with van der Waals surface area (Å²) in [5, 5.41) is 3.10. The summed E-state index contributed by atoms with van der Waals surface area (Å²) in [6.07, 6.45) is 1.83. The second kappa shape index (κ2) is 5.23. The molecule has 0 radical (unpaired) electrons. The van der Waals surface area contributed by atoms with E-state index in [-0.39, 0.29) is 17.6 Å². The van der Waals surface area contributed by atoms with E-state index in [0.717, 1.165) is 26.1 Å². The minimum atomic E-state index is -0.215. The van der Waals surface area contributed by atoms with Crippen LogP contribution in [0.1, 0.15) is 26.7 Å². The van der Waals surface area contributed by atoms with Crippen molar-refractivity contribution in [3.63, 3.8) is 0 Å². The zero-order valence-electron chi connectivity index (χ0n) is 10.7. The molecule has 0 aromatic heterocycles. The van der Waals surface area contributed by atoms with Crippen LogP contribution < -0.4 is 5.32 Å². The summed E-state index contributed by atoms with van der Waals surface area (Å²) in [7, 11) is 0. The topological polar surface area (TPSA) is 50.8 Å². The summed E-state index contributed by atoms with van der Waals surface area (Å²) >= 11 is 0. The minimum Gasteiger partial charge on any atom is -0.381 e. The molecule has 98 valence electrons. The van der Waals surface area contributed by atoms with Crippen LogP contribution in [-0.2, 0) is 9.47 Å². The Labute approximate surface area is 102 Å². The number of carbonyl (C=O) groups is 1. The average molecular weight is 242 g/mol. The second-order valence-corrected chi connectivity index (χ2v) is 5.35. The molecule has 2 aliphatic heterocycles. The lowest BCUT2D eigenvalue weighted by Crippen LogP contribution is -2.59. The van der Waals surface area contributed by atoms with Crippen LogP contribution in [-0.4, -0.2) is 55.5 Å². The molecule has 2 heterocycles. The van der Waals surface area contributed by atoms with Crippen LogP contribution in [0.4, 0.5) is 4.79 Å². The van der Waals surface area contributed by atoms with E-state index in [4.69, 9.17) is 9.47 Å². The van der Waals surface area contributed by atoms with Gasteiger partial charge in [0.25, 0.3) is 0 Å². The lowest BCUT2D eigenvalue weighted by molar-refractivity contribution is -0.0292. The molecule has 0 atom stereocenters. The maximum Gasteiger partial charge on any atom is 0.318 e. The van der Waals surface area contributed by atoms with Crippen LogP contribution in [0, 0.1) is 0 Å². The van der Waals surface area contributed by atoms with Gasteiger partial charge in [-0.15, -0.1) is 0 Å². The Hall–Kier alpha value is -0.810. The molecule has 2 aliphatic rings. The van der Waals surface area contributed by atoms with E-state index in [1.165, 1.54) is 0 Å². The molecule has 5 nitrogen and oxygen atoms in total. The van der Waals surface area contributed by atoms with Gasteiger partial charge in [-0.05, 0) is 26.7 Å². The number of morpholine rings is 1. The minimum absolute atomic E-state index is 0.0326. The predicted molar refractivity (Wildman–Crippen MR) is 64.0 cm³/mol. The third-order valence-corrected chi connectivity index (χ3v) is 3.44. The van der Waals surface area contributed by atoms with Crippen molar-refractivity contribution in [1.82, 2.24) is 10.2 Å². The van der Waals surface area contributed by atoms with Gasteiger partial charge < -0.3 is 19.7 Å². The van der Waals surface area contributed by atoms with Gasteiger partial charge in [0.15, 0.2) is 0 Å². The Morgan fingerprint density at radius 1 is 1.24 bits per heavy atom. The zero-order valence-corrected chi connectivity index (χ0v) is 10.7. The monoisotopic (exact) mass is 242 g/mol. The molecule has 0 aliphatic carbocycles. The highest BCUT2D eigenvalue weighted by atomic mass is 16.5. The van der Waals surface area contributed by atoms with Crippen molar-refractivity contribution in [3.8, 4) is 0 Å². The molecule has 0 saturated carbocycles.